The summed E-state index contributed by atoms with van der Waals surface area (Å²) < 4.78 is 0. The molecule has 0 saturated carbocycles. The van der Waals surface area contributed by atoms with Crippen molar-refractivity contribution in [2.75, 3.05) is 11.9 Å². The molecule has 0 aliphatic heterocycles. The number of thiazole rings is 1. The van der Waals surface area contributed by atoms with Crippen molar-refractivity contribution in [1.82, 2.24) is 9.97 Å². The third-order valence-electron chi connectivity index (χ3n) is 1.82. The Morgan fingerprint density at radius 1 is 1.44 bits per heavy atom. The van der Waals surface area contributed by atoms with Crippen LogP contribution in [0.3, 0.4) is 0 Å². The van der Waals surface area contributed by atoms with Crippen molar-refractivity contribution in [2.45, 2.75) is 0 Å². The number of pyridine rings is 1. The molecular formula is C10H9N3O2S. The number of hydrogen-bond acceptors (Lipinski definition) is 5. The molecule has 2 aromatic heterocycles. The molecule has 0 aromatic carbocycles. The monoisotopic (exact) mass is 235 g/mol. The zero-order valence-electron chi connectivity index (χ0n) is 8.25. The normalized spacial score (nSPS) is 10.1. The van der Waals surface area contributed by atoms with E-state index in [1.54, 1.807) is 11.6 Å². The van der Waals surface area contributed by atoms with Gasteiger partial charge in [0, 0.05) is 11.6 Å². The molecule has 0 fully saturated rings. The highest BCUT2D eigenvalue weighted by atomic mass is 32.1. The molecule has 0 aliphatic carbocycles. The molecule has 0 spiro atoms. The molecule has 0 saturated heterocycles. The summed E-state index contributed by atoms with van der Waals surface area (Å²) in [5.74, 6) is -0.470. The molecule has 2 rings (SSSR count). The molecule has 2 aromatic rings. The quantitative estimate of drug-likeness (QED) is 0.836. The van der Waals surface area contributed by atoms with E-state index in [0.717, 1.165) is 5.69 Å². The maximum atomic E-state index is 10.9. The van der Waals surface area contributed by atoms with E-state index in [9.17, 15) is 4.79 Å². The van der Waals surface area contributed by atoms with Crippen molar-refractivity contribution in [3.63, 3.8) is 0 Å². The third kappa shape index (κ3) is 2.41. The Bertz CT molecular complexity index is 484. The lowest BCUT2D eigenvalue weighted by molar-refractivity contribution is -0.118. The summed E-state index contributed by atoms with van der Waals surface area (Å²) >= 11 is 1.29. The van der Waals surface area contributed by atoms with Gasteiger partial charge in [0.25, 0.3) is 5.91 Å². The molecule has 2 N–H and O–H groups in total. The van der Waals surface area contributed by atoms with E-state index in [4.69, 9.17) is 5.11 Å². The van der Waals surface area contributed by atoms with Gasteiger partial charge in [0.05, 0.1) is 5.69 Å². The number of hydrogen-bond donors (Lipinski definition) is 2. The average Bonchev–Trinajstić information content (AvgIpc) is 2.78. The van der Waals surface area contributed by atoms with Crippen molar-refractivity contribution in [1.29, 1.82) is 0 Å². The van der Waals surface area contributed by atoms with Crippen molar-refractivity contribution >= 4 is 22.4 Å². The number of nitrogens with zero attached hydrogens (tertiary/aromatic N) is 2. The van der Waals surface area contributed by atoms with Crippen LogP contribution in [0.1, 0.15) is 0 Å². The lowest BCUT2D eigenvalue weighted by atomic mass is 10.3. The first-order valence-corrected chi connectivity index (χ1v) is 5.45. The number of rotatable bonds is 3. The number of amides is 1. The van der Waals surface area contributed by atoms with Gasteiger partial charge in [-0.1, -0.05) is 6.07 Å². The van der Waals surface area contributed by atoms with Crippen LogP contribution in [0, 0.1) is 0 Å². The summed E-state index contributed by atoms with van der Waals surface area (Å²) in [5, 5.41) is 13.3. The van der Waals surface area contributed by atoms with E-state index in [1.807, 2.05) is 18.2 Å². The highest BCUT2D eigenvalue weighted by Gasteiger charge is 2.07. The number of carbonyl (C=O) groups is 1. The molecule has 0 unspecified atom stereocenters. The first-order valence-electron chi connectivity index (χ1n) is 4.57. The second-order valence-electron chi connectivity index (χ2n) is 2.96. The summed E-state index contributed by atoms with van der Waals surface area (Å²) in [7, 11) is 0. The van der Waals surface area contributed by atoms with E-state index in [0.29, 0.717) is 10.8 Å². The molecule has 0 atom stereocenters. The second kappa shape index (κ2) is 4.82. The minimum Gasteiger partial charge on any atom is -0.387 e. The Morgan fingerprint density at radius 2 is 2.31 bits per heavy atom. The van der Waals surface area contributed by atoms with Gasteiger partial charge in [-0.3, -0.25) is 15.1 Å². The van der Waals surface area contributed by atoms with Gasteiger partial charge >= 0.3 is 0 Å². The highest BCUT2D eigenvalue weighted by molar-refractivity contribution is 7.14. The largest absolute Gasteiger partial charge is 0.387 e. The molecule has 0 bridgehead atoms. The van der Waals surface area contributed by atoms with Gasteiger partial charge in [-0.25, -0.2) is 4.98 Å². The first kappa shape index (κ1) is 10.7. The van der Waals surface area contributed by atoms with Crippen LogP contribution in [0.4, 0.5) is 5.13 Å². The van der Waals surface area contributed by atoms with E-state index in [1.165, 1.54) is 11.3 Å². The molecule has 1 amide bonds. The number of nitrogens with one attached hydrogen (secondary N) is 1. The zero-order valence-corrected chi connectivity index (χ0v) is 9.07. The molecule has 82 valence electrons. The van der Waals surface area contributed by atoms with Crippen molar-refractivity contribution in [2.24, 2.45) is 0 Å². The number of carbonyl (C=O) groups excluding carboxylic acids is 1. The fourth-order valence-corrected chi connectivity index (χ4v) is 1.84. The summed E-state index contributed by atoms with van der Waals surface area (Å²) in [5.41, 5.74) is 1.46. The Labute approximate surface area is 95.8 Å². The average molecular weight is 235 g/mol. The van der Waals surface area contributed by atoms with Crippen LogP contribution in [0.15, 0.2) is 29.8 Å². The number of aliphatic hydroxyl groups excluding tert-OH is 1. The van der Waals surface area contributed by atoms with Gasteiger partial charge in [-0.2, -0.15) is 0 Å². The topological polar surface area (TPSA) is 75.1 Å². The van der Waals surface area contributed by atoms with E-state index in [-0.39, 0.29) is 0 Å². The van der Waals surface area contributed by atoms with Crippen LogP contribution >= 0.6 is 11.3 Å². The standard InChI is InChI=1S/C10H9N3O2S/c14-5-9(15)13-10-12-8(6-16-10)7-3-1-2-4-11-7/h1-4,6,14H,5H2,(H,12,13,15). The molecule has 16 heavy (non-hydrogen) atoms. The Hall–Kier alpha value is -1.79. The molecular weight excluding hydrogens is 226 g/mol. The minimum atomic E-state index is -0.543. The summed E-state index contributed by atoms with van der Waals surface area (Å²) in [6, 6.07) is 5.53. The SMILES string of the molecule is O=C(CO)Nc1nc(-c2ccccn2)cs1. The van der Waals surface area contributed by atoms with Crippen molar-refractivity contribution < 1.29 is 9.90 Å². The molecule has 6 heteroatoms. The number of aromatic nitrogens is 2. The summed E-state index contributed by atoms with van der Waals surface area (Å²) in [6.07, 6.45) is 1.68. The molecule has 0 radical (unpaired) electrons. The third-order valence-corrected chi connectivity index (χ3v) is 2.58. The van der Waals surface area contributed by atoms with Gasteiger partial charge < -0.3 is 5.11 Å². The van der Waals surface area contributed by atoms with Gasteiger partial charge in [-0.15, -0.1) is 11.3 Å². The maximum Gasteiger partial charge on any atom is 0.251 e. The van der Waals surface area contributed by atoms with E-state index in [2.05, 4.69) is 15.3 Å². The van der Waals surface area contributed by atoms with Crippen LogP contribution in [-0.4, -0.2) is 27.6 Å². The van der Waals surface area contributed by atoms with Crippen LogP contribution in [0.2, 0.25) is 0 Å². The highest BCUT2D eigenvalue weighted by Crippen LogP contribution is 2.22. The summed E-state index contributed by atoms with van der Waals surface area (Å²) in [4.78, 5) is 19.2. The van der Waals surface area contributed by atoms with Gasteiger partial charge in [-0.05, 0) is 12.1 Å². The number of anilines is 1. The van der Waals surface area contributed by atoms with E-state index >= 15 is 0 Å². The number of aliphatic hydroxyl groups is 1. The second-order valence-corrected chi connectivity index (χ2v) is 3.82. The molecule has 2 heterocycles. The van der Waals surface area contributed by atoms with Crippen molar-refractivity contribution in [3.8, 4) is 11.4 Å². The fraction of sp³-hybridized carbons (Fsp3) is 0.100. The predicted molar refractivity (Wildman–Crippen MR) is 61.1 cm³/mol. The summed E-state index contributed by atoms with van der Waals surface area (Å²) in [6.45, 7) is -0.543. The van der Waals surface area contributed by atoms with Crippen LogP contribution in [0.25, 0.3) is 11.4 Å². The van der Waals surface area contributed by atoms with E-state index < -0.39 is 12.5 Å². The van der Waals surface area contributed by atoms with Gasteiger partial charge in [0.15, 0.2) is 5.13 Å². The van der Waals surface area contributed by atoms with Crippen LogP contribution in [0.5, 0.6) is 0 Å². The fourth-order valence-electron chi connectivity index (χ4n) is 1.12. The lowest BCUT2D eigenvalue weighted by Gasteiger charge is -1.96. The zero-order chi connectivity index (χ0) is 11.4. The maximum absolute atomic E-state index is 10.9. The van der Waals surface area contributed by atoms with Gasteiger partial charge in [0.1, 0.15) is 12.3 Å². The predicted octanol–water partition coefficient (Wildman–Crippen LogP) is 1.14. The Balaban J connectivity index is 2.17. The molecule has 0 aliphatic rings. The van der Waals surface area contributed by atoms with Crippen LogP contribution in [-0.2, 0) is 4.79 Å². The minimum absolute atomic E-state index is 0.458. The molecule has 5 nitrogen and oxygen atoms in total. The lowest BCUT2D eigenvalue weighted by Crippen LogP contribution is -2.15. The smallest absolute Gasteiger partial charge is 0.251 e. The van der Waals surface area contributed by atoms with Gasteiger partial charge in [0.2, 0.25) is 0 Å². The van der Waals surface area contributed by atoms with Crippen LogP contribution < -0.4 is 5.32 Å². The van der Waals surface area contributed by atoms with Crippen molar-refractivity contribution in [3.05, 3.63) is 29.8 Å². The first-order chi connectivity index (χ1) is 7.79. The Morgan fingerprint density at radius 3 is 3.00 bits per heavy atom. The Kier molecular flexibility index (Phi) is 3.23.